The molecule has 0 aliphatic carbocycles. The molecular formula is C13H12ClNO. The average Bonchev–Trinajstić information content (AvgIpc) is 2.25. The number of pyridine rings is 1. The first-order valence-electron chi connectivity index (χ1n) is 4.99. The van der Waals surface area contributed by atoms with Crippen LogP contribution in [0.4, 0.5) is 0 Å². The molecule has 16 heavy (non-hydrogen) atoms. The molecule has 0 saturated carbocycles. The maximum absolute atomic E-state index is 5.68. The predicted octanol–water partition coefficient (Wildman–Crippen LogP) is 3.67. The van der Waals surface area contributed by atoms with Crippen LogP contribution in [0.15, 0.2) is 41.9 Å². The van der Waals surface area contributed by atoms with Gasteiger partial charge in [-0.2, -0.15) is 0 Å². The lowest BCUT2D eigenvalue weighted by Gasteiger charge is -2.09. The predicted molar refractivity (Wildman–Crippen MR) is 67.0 cm³/mol. The second-order valence-corrected chi connectivity index (χ2v) is 4.12. The Hall–Kier alpha value is -1.54. The molecule has 0 saturated heterocycles. The Balaban J connectivity index is 2.46. The number of para-hydroxylation sites is 1. The van der Waals surface area contributed by atoms with Gasteiger partial charge in [0, 0.05) is 22.2 Å². The van der Waals surface area contributed by atoms with Crippen molar-refractivity contribution in [2.45, 2.75) is 6.92 Å². The highest BCUT2D eigenvalue weighted by molar-refractivity contribution is 6.29. The van der Waals surface area contributed by atoms with Crippen LogP contribution in [0, 0.1) is 6.92 Å². The summed E-state index contributed by atoms with van der Waals surface area (Å²) in [5, 5.41) is 1.48. The quantitative estimate of drug-likeness (QED) is 0.807. The first kappa shape index (κ1) is 11.0. The zero-order valence-corrected chi connectivity index (χ0v) is 9.79. The lowest BCUT2D eigenvalue weighted by atomic mass is 10.2. The van der Waals surface area contributed by atoms with E-state index in [0.29, 0.717) is 11.6 Å². The largest absolute Gasteiger partial charge is 0.487 e. The van der Waals surface area contributed by atoms with Crippen LogP contribution >= 0.6 is 11.6 Å². The Morgan fingerprint density at radius 3 is 2.94 bits per heavy atom. The van der Waals surface area contributed by atoms with Crippen LogP contribution in [-0.4, -0.2) is 11.6 Å². The van der Waals surface area contributed by atoms with Gasteiger partial charge in [-0.25, -0.2) is 0 Å². The fourth-order valence-electron chi connectivity index (χ4n) is 1.54. The summed E-state index contributed by atoms with van der Waals surface area (Å²) >= 11 is 5.68. The zero-order valence-electron chi connectivity index (χ0n) is 9.03. The maximum atomic E-state index is 5.68. The second-order valence-electron chi connectivity index (χ2n) is 3.58. The fraction of sp³-hybridized carbons (Fsp3) is 0.154. The summed E-state index contributed by atoms with van der Waals surface area (Å²) in [5.41, 5.74) is 1.85. The third-order valence-corrected chi connectivity index (χ3v) is 2.30. The number of benzene rings is 1. The van der Waals surface area contributed by atoms with Crippen LogP contribution in [-0.2, 0) is 0 Å². The molecule has 0 fully saturated rings. The van der Waals surface area contributed by atoms with E-state index in [1.54, 1.807) is 0 Å². The number of aryl methyl sites for hydroxylation is 1. The minimum absolute atomic E-state index is 0.314. The number of fused-ring (bicyclic) bond motifs is 1. The summed E-state index contributed by atoms with van der Waals surface area (Å²) in [5.74, 6) is 0.796. The molecule has 1 aromatic carbocycles. The van der Waals surface area contributed by atoms with Crippen LogP contribution < -0.4 is 4.74 Å². The molecule has 2 aromatic rings. The van der Waals surface area contributed by atoms with Gasteiger partial charge in [0.15, 0.2) is 0 Å². The van der Waals surface area contributed by atoms with Gasteiger partial charge >= 0.3 is 0 Å². The molecule has 0 N–H and O–H groups in total. The van der Waals surface area contributed by atoms with Crippen molar-refractivity contribution in [3.8, 4) is 5.75 Å². The van der Waals surface area contributed by atoms with E-state index < -0.39 is 0 Å². The molecule has 3 heteroatoms. The highest BCUT2D eigenvalue weighted by atomic mass is 35.5. The van der Waals surface area contributed by atoms with Crippen molar-refractivity contribution >= 4 is 22.5 Å². The van der Waals surface area contributed by atoms with Gasteiger partial charge in [0.25, 0.3) is 0 Å². The first-order chi connectivity index (χ1) is 7.66. The van der Waals surface area contributed by atoms with Crippen molar-refractivity contribution in [1.82, 2.24) is 4.98 Å². The summed E-state index contributed by atoms with van der Waals surface area (Å²) in [4.78, 5) is 4.43. The SMILES string of the molecule is C=C(Cl)COc1cc(C)nc2ccccc12. The lowest BCUT2D eigenvalue weighted by Crippen LogP contribution is -1.98. The minimum Gasteiger partial charge on any atom is -0.487 e. The molecule has 2 rings (SSSR count). The van der Waals surface area contributed by atoms with Crippen molar-refractivity contribution in [2.24, 2.45) is 0 Å². The smallest absolute Gasteiger partial charge is 0.131 e. The van der Waals surface area contributed by atoms with E-state index >= 15 is 0 Å². The number of halogens is 1. The highest BCUT2D eigenvalue weighted by Gasteiger charge is 2.04. The van der Waals surface area contributed by atoms with Crippen molar-refractivity contribution in [3.05, 3.63) is 47.6 Å². The Morgan fingerprint density at radius 1 is 1.44 bits per heavy atom. The van der Waals surface area contributed by atoms with Crippen LogP contribution in [0.2, 0.25) is 0 Å². The van der Waals surface area contributed by atoms with Gasteiger partial charge in [0.05, 0.1) is 5.52 Å². The lowest BCUT2D eigenvalue weighted by molar-refractivity contribution is 0.363. The Labute approximate surface area is 99.5 Å². The third-order valence-electron chi connectivity index (χ3n) is 2.19. The number of ether oxygens (including phenoxy) is 1. The molecular weight excluding hydrogens is 222 g/mol. The van der Waals surface area contributed by atoms with Crippen molar-refractivity contribution in [3.63, 3.8) is 0 Å². The Kier molecular flexibility index (Phi) is 3.11. The zero-order chi connectivity index (χ0) is 11.5. The molecule has 0 aliphatic heterocycles. The highest BCUT2D eigenvalue weighted by Crippen LogP contribution is 2.25. The van der Waals surface area contributed by atoms with Gasteiger partial charge in [0.1, 0.15) is 12.4 Å². The summed E-state index contributed by atoms with van der Waals surface area (Å²) < 4.78 is 5.59. The maximum Gasteiger partial charge on any atom is 0.131 e. The monoisotopic (exact) mass is 233 g/mol. The summed E-state index contributed by atoms with van der Waals surface area (Å²) in [6.45, 7) is 5.85. The topological polar surface area (TPSA) is 22.1 Å². The van der Waals surface area contributed by atoms with Crippen molar-refractivity contribution in [1.29, 1.82) is 0 Å². The van der Waals surface area contributed by atoms with Crippen LogP contribution in [0.1, 0.15) is 5.69 Å². The number of rotatable bonds is 3. The van der Waals surface area contributed by atoms with Crippen LogP contribution in [0.5, 0.6) is 5.75 Å². The summed E-state index contributed by atoms with van der Waals surface area (Å²) in [6.07, 6.45) is 0. The standard InChI is InChI=1S/C13H12ClNO/c1-9(14)8-16-13-7-10(2)15-12-6-4-3-5-11(12)13/h3-7H,1,8H2,2H3. The van der Waals surface area contributed by atoms with E-state index in [1.807, 2.05) is 37.3 Å². The van der Waals surface area contributed by atoms with Gasteiger partial charge in [-0.1, -0.05) is 30.3 Å². The van der Waals surface area contributed by atoms with E-state index in [-0.39, 0.29) is 0 Å². The summed E-state index contributed by atoms with van der Waals surface area (Å²) in [7, 11) is 0. The normalized spacial score (nSPS) is 10.4. The van der Waals surface area contributed by atoms with Crippen molar-refractivity contribution < 1.29 is 4.74 Å². The molecule has 1 heterocycles. The van der Waals surface area contributed by atoms with Crippen LogP contribution in [0.25, 0.3) is 10.9 Å². The van der Waals surface area contributed by atoms with Gasteiger partial charge in [-0.05, 0) is 19.1 Å². The first-order valence-corrected chi connectivity index (χ1v) is 5.37. The number of hydrogen-bond acceptors (Lipinski definition) is 2. The molecule has 1 aromatic heterocycles. The fourth-order valence-corrected chi connectivity index (χ4v) is 1.60. The molecule has 2 nitrogen and oxygen atoms in total. The van der Waals surface area contributed by atoms with E-state index in [0.717, 1.165) is 22.3 Å². The molecule has 82 valence electrons. The average molecular weight is 234 g/mol. The molecule has 0 spiro atoms. The summed E-state index contributed by atoms with van der Waals surface area (Å²) in [6, 6.07) is 9.77. The van der Waals surface area contributed by atoms with Crippen molar-refractivity contribution in [2.75, 3.05) is 6.61 Å². The molecule has 0 unspecified atom stereocenters. The van der Waals surface area contributed by atoms with Gasteiger partial charge < -0.3 is 4.74 Å². The third kappa shape index (κ3) is 2.34. The Bertz CT molecular complexity index is 536. The Morgan fingerprint density at radius 2 is 2.19 bits per heavy atom. The molecule has 0 atom stereocenters. The molecule has 0 amide bonds. The van der Waals surface area contributed by atoms with Crippen LogP contribution in [0.3, 0.4) is 0 Å². The number of aromatic nitrogens is 1. The number of hydrogen-bond donors (Lipinski definition) is 0. The number of nitrogens with zero attached hydrogens (tertiary/aromatic N) is 1. The van der Waals surface area contributed by atoms with Gasteiger partial charge in [-0.15, -0.1) is 0 Å². The van der Waals surface area contributed by atoms with Gasteiger partial charge in [0.2, 0.25) is 0 Å². The second kappa shape index (κ2) is 4.54. The van der Waals surface area contributed by atoms with E-state index in [2.05, 4.69) is 11.6 Å². The van der Waals surface area contributed by atoms with E-state index in [1.165, 1.54) is 0 Å². The van der Waals surface area contributed by atoms with E-state index in [4.69, 9.17) is 16.3 Å². The molecule has 0 bridgehead atoms. The molecule has 0 aliphatic rings. The van der Waals surface area contributed by atoms with E-state index in [9.17, 15) is 0 Å². The molecule has 0 radical (unpaired) electrons. The minimum atomic E-state index is 0.314. The van der Waals surface area contributed by atoms with Gasteiger partial charge in [-0.3, -0.25) is 4.98 Å².